The minimum Gasteiger partial charge on any atom is -0.391 e. The predicted octanol–water partition coefficient (Wildman–Crippen LogP) is 2.34. The van der Waals surface area contributed by atoms with Gasteiger partial charge in [0.15, 0.2) is 0 Å². The van der Waals surface area contributed by atoms with Gasteiger partial charge in [-0.2, -0.15) is 0 Å². The van der Waals surface area contributed by atoms with Gasteiger partial charge in [-0.15, -0.1) is 11.8 Å². The molecular weight excluding hydrogens is 194 g/mol. The number of hydrogen-bond donors (Lipinski definition) is 2. The number of aliphatic hydroxyl groups excluding tert-OH is 1. The van der Waals surface area contributed by atoms with Crippen LogP contribution in [0.2, 0.25) is 0 Å². The van der Waals surface area contributed by atoms with Crippen LogP contribution in [-0.2, 0) is 0 Å². The lowest BCUT2D eigenvalue weighted by Crippen LogP contribution is -2.42. The predicted molar refractivity (Wildman–Crippen MR) is 60.9 cm³/mol. The first-order chi connectivity index (χ1) is 6.79. The van der Waals surface area contributed by atoms with E-state index in [-0.39, 0.29) is 12.1 Å². The van der Waals surface area contributed by atoms with Gasteiger partial charge in [0.1, 0.15) is 0 Å². The monoisotopic (exact) mass is 209 g/mol. The molecule has 1 fully saturated rings. The Morgan fingerprint density at radius 3 is 2.86 bits per heavy atom. The van der Waals surface area contributed by atoms with Crippen LogP contribution in [0.15, 0.2) is 29.2 Å². The van der Waals surface area contributed by atoms with Gasteiger partial charge in [-0.25, -0.2) is 0 Å². The summed E-state index contributed by atoms with van der Waals surface area (Å²) in [7, 11) is 0. The molecule has 1 aliphatic carbocycles. The van der Waals surface area contributed by atoms with Crippen LogP contribution in [0.4, 0.5) is 5.69 Å². The summed E-state index contributed by atoms with van der Waals surface area (Å²) in [4.78, 5) is 1.25. The van der Waals surface area contributed by atoms with Crippen LogP contribution >= 0.6 is 11.8 Å². The van der Waals surface area contributed by atoms with Gasteiger partial charge < -0.3 is 10.4 Å². The number of nitrogens with one attached hydrogen (secondary N) is 1. The Labute approximate surface area is 88.7 Å². The van der Waals surface area contributed by atoms with Crippen molar-refractivity contribution in [3.8, 4) is 0 Å². The fraction of sp³-hybridized carbons (Fsp3) is 0.455. The van der Waals surface area contributed by atoms with Crippen molar-refractivity contribution >= 4 is 17.4 Å². The minimum atomic E-state index is -0.159. The molecule has 14 heavy (non-hydrogen) atoms. The van der Waals surface area contributed by atoms with Crippen LogP contribution in [0, 0.1) is 0 Å². The van der Waals surface area contributed by atoms with Gasteiger partial charge in [0, 0.05) is 10.6 Å². The van der Waals surface area contributed by atoms with E-state index in [1.54, 1.807) is 11.8 Å². The summed E-state index contributed by atoms with van der Waals surface area (Å²) < 4.78 is 0. The van der Waals surface area contributed by atoms with E-state index in [1.807, 2.05) is 12.1 Å². The second-order valence-electron chi connectivity index (χ2n) is 3.63. The number of rotatable bonds is 3. The van der Waals surface area contributed by atoms with Crippen LogP contribution in [0.5, 0.6) is 0 Å². The summed E-state index contributed by atoms with van der Waals surface area (Å²) in [6, 6.07) is 8.55. The van der Waals surface area contributed by atoms with Gasteiger partial charge in [0.05, 0.1) is 12.1 Å². The zero-order valence-corrected chi connectivity index (χ0v) is 9.05. The fourth-order valence-electron chi connectivity index (χ4n) is 1.58. The molecule has 0 radical (unpaired) electrons. The fourth-order valence-corrected chi connectivity index (χ4v) is 2.04. The SMILES string of the molecule is CSc1cccc(N[C@H]2CC[C@@H]2O)c1. The molecule has 2 rings (SSSR count). The lowest BCUT2D eigenvalue weighted by molar-refractivity contribution is 0.0786. The van der Waals surface area contributed by atoms with E-state index in [0.717, 1.165) is 18.5 Å². The summed E-state index contributed by atoms with van der Waals surface area (Å²) in [6.45, 7) is 0. The first kappa shape index (κ1) is 9.87. The third-order valence-electron chi connectivity index (χ3n) is 2.66. The average molecular weight is 209 g/mol. The molecule has 76 valence electrons. The maximum atomic E-state index is 9.43. The summed E-state index contributed by atoms with van der Waals surface area (Å²) in [6.07, 6.45) is 3.91. The Bertz CT molecular complexity index is 316. The minimum absolute atomic E-state index is 0.159. The van der Waals surface area contributed by atoms with Crippen molar-refractivity contribution in [1.29, 1.82) is 0 Å². The van der Waals surface area contributed by atoms with Crippen LogP contribution in [-0.4, -0.2) is 23.5 Å². The van der Waals surface area contributed by atoms with E-state index in [9.17, 15) is 5.11 Å². The number of anilines is 1. The highest BCUT2D eigenvalue weighted by Gasteiger charge is 2.28. The first-order valence-corrected chi connectivity index (χ1v) is 6.11. The van der Waals surface area contributed by atoms with Crippen LogP contribution in [0.25, 0.3) is 0 Å². The smallest absolute Gasteiger partial charge is 0.0741 e. The molecule has 0 aliphatic heterocycles. The molecule has 0 amide bonds. The number of aliphatic hydroxyl groups is 1. The summed E-state index contributed by atoms with van der Waals surface area (Å²) in [5.74, 6) is 0. The highest BCUT2D eigenvalue weighted by atomic mass is 32.2. The number of hydrogen-bond acceptors (Lipinski definition) is 3. The highest BCUT2D eigenvalue weighted by molar-refractivity contribution is 7.98. The number of benzene rings is 1. The second kappa shape index (κ2) is 4.24. The molecule has 1 saturated carbocycles. The molecule has 3 heteroatoms. The van der Waals surface area contributed by atoms with Gasteiger partial charge in [-0.05, 0) is 37.3 Å². The van der Waals surface area contributed by atoms with E-state index in [1.165, 1.54) is 4.90 Å². The molecule has 0 aromatic heterocycles. The van der Waals surface area contributed by atoms with E-state index in [4.69, 9.17) is 0 Å². The van der Waals surface area contributed by atoms with E-state index < -0.39 is 0 Å². The van der Waals surface area contributed by atoms with Crippen LogP contribution < -0.4 is 5.32 Å². The lowest BCUT2D eigenvalue weighted by Gasteiger charge is -2.33. The highest BCUT2D eigenvalue weighted by Crippen LogP contribution is 2.26. The molecule has 0 unspecified atom stereocenters. The molecular formula is C11H15NOS. The maximum absolute atomic E-state index is 9.43. The number of thioether (sulfide) groups is 1. The Hall–Kier alpha value is -0.670. The Balaban J connectivity index is 2.01. The molecule has 2 atom stereocenters. The van der Waals surface area contributed by atoms with Crippen molar-refractivity contribution in [2.24, 2.45) is 0 Å². The van der Waals surface area contributed by atoms with Crippen molar-refractivity contribution in [1.82, 2.24) is 0 Å². The molecule has 1 aromatic rings. The molecule has 0 heterocycles. The van der Waals surface area contributed by atoms with Gasteiger partial charge in [-0.3, -0.25) is 0 Å². The van der Waals surface area contributed by atoms with Crippen molar-refractivity contribution in [3.63, 3.8) is 0 Å². The van der Waals surface area contributed by atoms with Crippen molar-refractivity contribution < 1.29 is 5.11 Å². The summed E-state index contributed by atoms with van der Waals surface area (Å²) in [5, 5.41) is 12.8. The summed E-state index contributed by atoms with van der Waals surface area (Å²) >= 11 is 1.73. The molecule has 1 aliphatic rings. The van der Waals surface area contributed by atoms with Gasteiger partial charge in [0.2, 0.25) is 0 Å². The molecule has 1 aromatic carbocycles. The Morgan fingerprint density at radius 2 is 2.29 bits per heavy atom. The normalized spacial score (nSPS) is 25.6. The van der Waals surface area contributed by atoms with Gasteiger partial charge >= 0.3 is 0 Å². The quantitative estimate of drug-likeness (QED) is 0.749. The van der Waals surface area contributed by atoms with Crippen molar-refractivity contribution in [2.45, 2.75) is 29.9 Å². The Morgan fingerprint density at radius 1 is 1.43 bits per heavy atom. The molecule has 0 saturated heterocycles. The average Bonchev–Trinajstić information content (AvgIpc) is 2.24. The maximum Gasteiger partial charge on any atom is 0.0741 e. The molecule has 2 N–H and O–H groups in total. The standard InChI is InChI=1S/C11H15NOS/c1-14-9-4-2-3-8(7-9)12-10-5-6-11(10)13/h2-4,7,10-13H,5-6H2,1H3/t10-,11-/m0/s1. The zero-order valence-electron chi connectivity index (χ0n) is 8.23. The van der Waals surface area contributed by atoms with Gasteiger partial charge in [0.25, 0.3) is 0 Å². The molecule has 0 bridgehead atoms. The first-order valence-electron chi connectivity index (χ1n) is 4.88. The third-order valence-corrected chi connectivity index (χ3v) is 3.39. The van der Waals surface area contributed by atoms with E-state index in [0.29, 0.717) is 0 Å². The zero-order chi connectivity index (χ0) is 9.97. The molecule has 0 spiro atoms. The van der Waals surface area contributed by atoms with Crippen molar-refractivity contribution in [3.05, 3.63) is 24.3 Å². The topological polar surface area (TPSA) is 32.3 Å². The van der Waals surface area contributed by atoms with E-state index >= 15 is 0 Å². The summed E-state index contributed by atoms with van der Waals surface area (Å²) in [5.41, 5.74) is 1.11. The lowest BCUT2D eigenvalue weighted by atomic mass is 9.89. The largest absolute Gasteiger partial charge is 0.391 e. The van der Waals surface area contributed by atoms with Crippen molar-refractivity contribution in [2.75, 3.05) is 11.6 Å². The molecule has 2 nitrogen and oxygen atoms in total. The third kappa shape index (κ3) is 2.04. The van der Waals surface area contributed by atoms with Gasteiger partial charge in [-0.1, -0.05) is 6.07 Å². The second-order valence-corrected chi connectivity index (χ2v) is 4.51. The van der Waals surface area contributed by atoms with Crippen LogP contribution in [0.3, 0.4) is 0 Å². The van der Waals surface area contributed by atoms with E-state index in [2.05, 4.69) is 23.7 Å². The van der Waals surface area contributed by atoms with Crippen LogP contribution in [0.1, 0.15) is 12.8 Å². The Kier molecular flexibility index (Phi) is 2.99.